The summed E-state index contributed by atoms with van der Waals surface area (Å²) in [6.45, 7) is 6.18. The van der Waals surface area contributed by atoms with E-state index in [1.54, 1.807) is 0 Å². The van der Waals surface area contributed by atoms with Crippen LogP contribution in [0.4, 0.5) is 0 Å². The molecule has 0 spiro atoms. The van der Waals surface area contributed by atoms with Crippen molar-refractivity contribution < 1.29 is 0 Å². The van der Waals surface area contributed by atoms with Gasteiger partial charge in [-0.25, -0.2) is 0 Å². The van der Waals surface area contributed by atoms with Crippen molar-refractivity contribution in [2.24, 2.45) is 0 Å². The number of hydrogen-bond donors (Lipinski definition) is 1. The Bertz CT molecular complexity index is 129. The smallest absolute Gasteiger partial charge is 0.0533 e. The van der Waals surface area contributed by atoms with E-state index in [0.717, 1.165) is 6.42 Å². The van der Waals surface area contributed by atoms with E-state index in [1.807, 2.05) is 0 Å². The molecule has 0 atom stereocenters. The maximum atomic E-state index is 3.89. The number of rotatable bonds is 16. The van der Waals surface area contributed by atoms with Crippen molar-refractivity contribution in [1.29, 1.82) is 0 Å². The minimum atomic E-state index is 0. The molecular formula is C19H42N. The molecule has 0 heterocycles. The minimum absolute atomic E-state index is 0. The highest BCUT2D eigenvalue weighted by Crippen LogP contribution is 2.13. The van der Waals surface area contributed by atoms with E-state index in [2.05, 4.69) is 13.8 Å². The molecule has 0 bridgehead atoms. The molecule has 0 aliphatic rings. The first-order valence-electron chi connectivity index (χ1n) is 9.21. The van der Waals surface area contributed by atoms with Gasteiger partial charge in [-0.15, -0.1) is 0 Å². The molecule has 3 N–H and O–H groups in total. The standard InChI is InChI=1S/C19H39.H3N/c1-3-5-7-9-11-13-15-17-19-18-16-14-12-10-8-6-4-2;/h1,3-19H2,2H3;1H3. The van der Waals surface area contributed by atoms with Crippen LogP contribution in [-0.4, -0.2) is 0 Å². The summed E-state index contributed by atoms with van der Waals surface area (Å²) in [7, 11) is 0. The van der Waals surface area contributed by atoms with Gasteiger partial charge in [0.25, 0.3) is 0 Å². The van der Waals surface area contributed by atoms with Gasteiger partial charge in [0.05, 0.1) is 0 Å². The van der Waals surface area contributed by atoms with Crippen LogP contribution in [-0.2, 0) is 0 Å². The van der Waals surface area contributed by atoms with Crippen LogP contribution in [0.5, 0.6) is 0 Å². The van der Waals surface area contributed by atoms with Crippen molar-refractivity contribution in [1.82, 2.24) is 6.15 Å². The fraction of sp³-hybridized carbons (Fsp3) is 0.947. The van der Waals surface area contributed by atoms with Crippen LogP contribution in [0, 0.1) is 6.92 Å². The van der Waals surface area contributed by atoms with Gasteiger partial charge in [0.1, 0.15) is 0 Å². The average molecular weight is 285 g/mol. The zero-order valence-electron chi connectivity index (χ0n) is 14.4. The lowest BCUT2D eigenvalue weighted by Crippen LogP contribution is -1.83. The summed E-state index contributed by atoms with van der Waals surface area (Å²) in [6, 6.07) is 0. The Labute approximate surface area is 129 Å². The van der Waals surface area contributed by atoms with E-state index in [-0.39, 0.29) is 6.15 Å². The third-order valence-electron chi connectivity index (χ3n) is 4.10. The number of hydrogen-bond acceptors (Lipinski definition) is 1. The summed E-state index contributed by atoms with van der Waals surface area (Å²) >= 11 is 0. The fourth-order valence-electron chi connectivity index (χ4n) is 2.72. The summed E-state index contributed by atoms with van der Waals surface area (Å²) in [6.07, 6.45) is 24.3. The molecule has 0 saturated heterocycles. The highest BCUT2D eigenvalue weighted by atomic mass is 14.0. The Hall–Kier alpha value is -0.0400. The monoisotopic (exact) mass is 284 g/mol. The molecule has 0 amide bonds. The first-order valence-corrected chi connectivity index (χ1v) is 9.21. The molecule has 0 aromatic heterocycles. The Balaban J connectivity index is 0. The predicted molar refractivity (Wildman–Crippen MR) is 94.5 cm³/mol. The summed E-state index contributed by atoms with van der Waals surface area (Å²) in [5.41, 5.74) is 0. The van der Waals surface area contributed by atoms with Crippen LogP contribution in [0.15, 0.2) is 0 Å². The second-order valence-corrected chi connectivity index (χ2v) is 6.16. The van der Waals surface area contributed by atoms with Gasteiger partial charge < -0.3 is 6.15 Å². The molecule has 0 unspecified atom stereocenters. The van der Waals surface area contributed by atoms with E-state index in [1.165, 1.54) is 103 Å². The predicted octanol–water partition coefficient (Wildman–Crippen LogP) is 7.63. The minimum Gasteiger partial charge on any atom is -0.344 e. The van der Waals surface area contributed by atoms with Crippen molar-refractivity contribution in [3.63, 3.8) is 0 Å². The van der Waals surface area contributed by atoms with Gasteiger partial charge in [0.15, 0.2) is 0 Å². The molecule has 20 heavy (non-hydrogen) atoms. The third kappa shape index (κ3) is 20.3. The molecule has 0 fully saturated rings. The van der Waals surface area contributed by atoms with Crippen LogP contribution in [0.2, 0.25) is 0 Å². The fourth-order valence-corrected chi connectivity index (χ4v) is 2.72. The summed E-state index contributed by atoms with van der Waals surface area (Å²) in [4.78, 5) is 0. The molecule has 0 aliphatic carbocycles. The van der Waals surface area contributed by atoms with E-state index in [4.69, 9.17) is 0 Å². The largest absolute Gasteiger partial charge is 0.344 e. The third-order valence-corrected chi connectivity index (χ3v) is 4.10. The van der Waals surface area contributed by atoms with Crippen molar-refractivity contribution in [2.75, 3.05) is 0 Å². The van der Waals surface area contributed by atoms with E-state index < -0.39 is 0 Å². The van der Waals surface area contributed by atoms with Crippen LogP contribution in [0.3, 0.4) is 0 Å². The molecule has 0 saturated carbocycles. The maximum absolute atomic E-state index is 3.89. The molecule has 0 aliphatic heterocycles. The molecule has 0 aromatic rings. The summed E-state index contributed by atoms with van der Waals surface area (Å²) in [5, 5.41) is 0. The SMILES string of the molecule is N.[CH2]CCCCCCCCCCCCCCCCCC. The molecule has 1 radical (unpaired) electrons. The highest BCUT2D eigenvalue weighted by Gasteiger charge is 1.94. The molecular weight excluding hydrogens is 242 g/mol. The Kier molecular flexibility index (Phi) is 23.6. The van der Waals surface area contributed by atoms with Gasteiger partial charge in [0, 0.05) is 0 Å². The Morgan fingerprint density at radius 2 is 0.700 bits per heavy atom. The zero-order chi connectivity index (χ0) is 14.0. The van der Waals surface area contributed by atoms with Gasteiger partial charge in [0.2, 0.25) is 0 Å². The second kappa shape index (κ2) is 21.3. The highest BCUT2D eigenvalue weighted by molar-refractivity contribution is 4.50. The summed E-state index contributed by atoms with van der Waals surface area (Å²) < 4.78 is 0. The van der Waals surface area contributed by atoms with Gasteiger partial charge >= 0.3 is 0 Å². The first-order chi connectivity index (χ1) is 9.41. The second-order valence-electron chi connectivity index (χ2n) is 6.16. The van der Waals surface area contributed by atoms with Gasteiger partial charge in [-0.1, -0.05) is 123 Å². The van der Waals surface area contributed by atoms with Crippen molar-refractivity contribution in [2.45, 2.75) is 116 Å². The van der Waals surface area contributed by atoms with Crippen LogP contribution in [0.1, 0.15) is 116 Å². The van der Waals surface area contributed by atoms with Crippen molar-refractivity contribution in [3.05, 3.63) is 6.92 Å². The molecule has 1 nitrogen and oxygen atoms in total. The van der Waals surface area contributed by atoms with E-state index >= 15 is 0 Å². The number of unbranched alkanes of at least 4 members (excludes halogenated alkanes) is 16. The Morgan fingerprint density at radius 3 is 0.950 bits per heavy atom. The van der Waals surface area contributed by atoms with Gasteiger partial charge in [-0.3, -0.25) is 0 Å². The van der Waals surface area contributed by atoms with Crippen molar-refractivity contribution in [3.8, 4) is 0 Å². The molecule has 0 rings (SSSR count). The van der Waals surface area contributed by atoms with Gasteiger partial charge in [-0.05, 0) is 0 Å². The lowest BCUT2D eigenvalue weighted by atomic mass is 10.0. The lowest BCUT2D eigenvalue weighted by Gasteiger charge is -2.03. The zero-order valence-corrected chi connectivity index (χ0v) is 14.4. The van der Waals surface area contributed by atoms with Crippen LogP contribution < -0.4 is 6.15 Å². The maximum Gasteiger partial charge on any atom is -0.0533 e. The molecule has 1 heteroatoms. The quantitative estimate of drug-likeness (QED) is 0.290. The van der Waals surface area contributed by atoms with E-state index in [0.29, 0.717) is 0 Å². The average Bonchev–Trinajstić information content (AvgIpc) is 2.43. The molecule has 123 valence electrons. The van der Waals surface area contributed by atoms with Gasteiger partial charge in [-0.2, -0.15) is 0 Å². The topological polar surface area (TPSA) is 35.0 Å². The summed E-state index contributed by atoms with van der Waals surface area (Å²) in [5.74, 6) is 0. The first kappa shape index (κ1) is 22.2. The Morgan fingerprint density at radius 1 is 0.450 bits per heavy atom. The van der Waals surface area contributed by atoms with Crippen LogP contribution in [0.25, 0.3) is 0 Å². The normalized spacial score (nSPS) is 10.5. The lowest BCUT2D eigenvalue weighted by molar-refractivity contribution is 0.530. The van der Waals surface area contributed by atoms with Crippen LogP contribution >= 0.6 is 0 Å². The van der Waals surface area contributed by atoms with Crippen molar-refractivity contribution >= 4 is 0 Å². The molecule has 0 aromatic carbocycles. The van der Waals surface area contributed by atoms with E-state index in [9.17, 15) is 0 Å².